The first-order valence-corrected chi connectivity index (χ1v) is 9.17. The number of hydrogen-bond donors (Lipinski definition) is 1. The van der Waals surface area contributed by atoms with Crippen LogP contribution in [0, 0.1) is 0 Å². The molecule has 1 aromatic heterocycles. The molecule has 0 fully saturated rings. The van der Waals surface area contributed by atoms with Crippen molar-refractivity contribution in [1.29, 1.82) is 0 Å². The van der Waals surface area contributed by atoms with Crippen LogP contribution in [0.1, 0.15) is 23.0 Å². The Morgan fingerprint density at radius 1 is 1.19 bits per heavy atom. The maximum Gasteiger partial charge on any atom is 0.269 e. The average Bonchev–Trinajstić information content (AvgIpc) is 2.92. The van der Waals surface area contributed by atoms with E-state index in [2.05, 4.69) is 21.2 Å². The fourth-order valence-corrected chi connectivity index (χ4v) is 3.74. The third-order valence-electron chi connectivity index (χ3n) is 4.24. The van der Waals surface area contributed by atoms with Crippen molar-refractivity contribution in [3.63, 3.8) is 0 Å². The van der Waals surface area contributed by atoms with E-state index in [0.29, 0.717) is 30.3 Å². The smallest absolute Gasteiger partial charge is 0.269 e. The van der Waals surface area contributed by atoms with Gasteiger partial charge >= 0.3 is 0 Å². The monoisotopic (exact) mass is 416 g/mol. The van der Waals surface area contributed by atoms with Crippen molar-refractivity contribution in [3.8, 4) is 11.5 Å². The lowest BCUT2D eigenvalue weighted by Gasteiger charge is -2.12. The first kappa shape index (κ1) is 18.3. The molecule has 136 valence electrons. The number of fused-ring (bicyclic) bond motifs is 1. The lowest BCUT2D eigenvalue weighted by Crippen LogP contribution is -2.25. The largest absolute Gasteiger partial charge is 0.493 e. The topological polar surface area (TPSA) is 52.5 Å². The summed E-state index contributed by atoms with van der Waals surface area (Å²) in [6.07, 6.45) is 0. The molecule has 26 heavy (non-hydrogen) atoms. The fourth-order valence-electron chi connectivity index (χ4n) is 2.96. The number of aryl methyl sites for hydroxylation is 1. The molecule has 0 aliphatic rings. The van der Waals surface area contributed by atoms with E-state index in [1.54, 1.807) is 7.11 Å². The van der Waals surface area contributed by atoms with Gasteiger partial charge in [0.2, 0.25) is 0 Å². The van der Waals surface area contributed by atoms with Gasteiger partial charge in [-0.15, -0.1) is 0 Å². The van der Waals surface area contributed by atoms with Crippen LogP contribution in [-0.4, -0.2) is 24.2 Å². The average molecular weight is 417 g/mol. The van der Waals surface area contributed by atoms with Crippen LogP contribution in [0.15, 0.2) is 46.9 Å². The molecule has 0 aliphatic heterocycles. The molecule has 0 aliphatic carbocycles. The van der Waals surface area contributed by atoms with Gasteiger partial charge in [0.05, 0.1) is 18.2 Å². The fraction of sp³-hybridized carbons (Fsp3) is 0.250. The number of para-hydroxylation sites is 1. The first-order valence-electron chi connectivity index (χ1n) is 8.37. The highest BCUT2D eigenvalue weighted by atomic mass is 79.9. The van der Waals surface area contributed by atoms with Gasteiger partial charge in [-0.25, -0.2) is 0 Å². The number of halogens is 1. The zero-order valence-corrected chi connectivity index (χ0v) is 16.6. The quantitative estimate of drug-likeness (QED) is 0.652. The Kier molecular flexibility index (Phi) is 5.52. The van der Waals surface area contributed by atoms with Gasteiger partial charge in [-0.3, -0.25) is 4.79 Å². The summed E-state index contributed by atoms with van der Waals surface area (Å²) in [7, 11) is 3.49. The van der Waals surface area contributed by atoms with Crippen molar-refractivity contribution >= 4 is 32.7 Å². The molecule has 0 bridgehead atoms. The highest BCUT2D eigenvalue weighted by Gasteiger charge is 2.19. The van der Waals surface area contributed by atoms with Crippen LogP contribution in [0.4, 0.5) is 0 Å². The molecule has 3 rings (SSSR count). The molecule has 1 heterocycles. The van der Waals surface area contributed by atoms with E-state index in [4.69, 9.17) is 9.47 Å². The van der Waals surface area contributed by atoms with Crippen molar-refractivity contribution < 1.29 is 14.3 Å². The summed E-state index contributed by atoms with van der Waals surface area (Å²) in [6, 6.07) is 13.6. The van der Waals surface area contributed by atoms with Gasteiger partial charge in [0.15, 0.2) is 11.5 Å². The van der Waals surface area contributed by atoms with Gasteiger partial charge in [-0.2, -0.15) is 0 Å². The van der Waals surface area contributed by atoms with Gasteiger partial charge in [-0.05, 0) is 46.6 Å². The van der Waals surface area contributed by atoms with E-state index in [-0.39, 0.29) is 5.91 Å². The van der Waals surface area contributed by atoms with Gasteiger partial charge in [-0.1, -0.05) is 24.3 Å². The second-order valence-corrected chi connectivity index (χ2v) is 6.63. The minimum absolute atomic E-state index is 0.136. The second kappa shape index (κ2) is 7.83. The summed E-state index contributed by atoms with van der Waals surface area (Å²) in [6.45, 7) is 2.90. The highest BCUT2D eigenvalue weighted by Crippen LogP contribution is 2.30. The summed E-state index contributed by atoms with van der Waals surface area (Å²) >= 11 is 3.56. The molecular weight excluding hydrogens is 396 g/mol. The predicted molar refractivity (Wildman–Crippen MR) is 106 cm³/mol. The summed E-state index contributed by atoms with van der Waals surface area (Å²) in [5, 5.41) is 3.99. The Bertz CT molecular complexity index is 911. The van der Waals surface area contributed by atoms with Crippen LogP contribution in [0.3, 0.4) is 0 Å². The first-order chi connectivity index (χ1) is 12.6. The number of aromatic nitrogens is 1. The van der Waals surface area contributed by atoms with Gasteiger partial charge in [0.1, 0.15) is 5.69 Å². The molecule has 0 atom stereocenters. The van der Waals surface area contributed by atoms with Crippen LogP contribution in [0.25, 0.3) is 10.9 Å². The Balaban J connectivity index is 1.79. The summed E-state index contributed by atoms with van der Waals surface area (Å²) in [5.41, 5.74) is 2.55. The molecule has 0 radical (unpaired) electrons. The third-order valence-corrected chi connectivity index (χ3v) is 5.04. The Morgan fingerprint density at radius 3 is 2.65 bits per heavy atom. The molecule has 3 aromatic rings. The molecule has 1 amide bonds. The predicted octanol–water partition coefficient (Wildman–Crippen LogP) is 4.28. The minimum Gasteiger partial charge on any atom is -0.493 e. The van der Waals surface area contributed by atoms with E-state index in [0.717, 1.165) is 20.9 Å². The summed E-state index contributed by atoms with van der Waals surface area (Å²) in [4.78, 5) is 12.7. The summed E-state index contributed by atoms with van der Waals surface area (Å²) < 4.78 is 13.6. The Labute approximate surface area is 161 Å². The molecule has 0 saturated heterocycles. The van der Waals surface area contributed by atoms with Crippen LogP contribution in [-0.2, 0) is 13.6 Å². The number of benzene rings is 2. The molecule has 1 N–H and O–H groups in total. The third kappa shape index (κ3) is 3.42. The van der Waals surface area contributed by atoms with Gasteiger partial charge in [0, 0.05) is 24.5 Å². The molecule has 6 heteroatoms. The zero-order valence-electron chi connectivity index (χ0n) is 15.0. The number of hydrogen-bond acceptors (Lipinski definition) is 3. The van der Waals surface area contributed by atoms with Crippen molar-refractivity contribution in [1.82, 2.24) is 9.88 Å². The highest BCUT2D eigenvalue weighted by molar-refractivity contribution is 9.10. The lowest BCUT2D eigenvalue weighted by atomic mass is 10.2. The normalized spacial score (nSPS) is 10.8. The maximum atomic E-state index is 12.7. The van der Waals surface area contributed by atoms with E-state index in [1.807, 2.05) is 61.0 Å². The molecule has 2 aromatic carbocycles. The van der Waals surface area contributed by atoms with Crippen molar-refractivity contribution in [2.45, 2.75) is 13.5 Å². The van der Waals surface area contributed by atoms with Crippen molar-refractivity contribution in [2.75, 3.05) is 13.7 Å². The van der Waals surface area contributed by atoms with E-state index >= 15 is 0 Å². The summed E-state index contributed by atoms with van der Waals surface area (Å²) in [5.74, 6) is 1.22. The van der Waals surface area contributed by atoms with Crippen molar-refractivity contribution in [3.05, 3.63) is 58.2 Å². The van der Waals surface area contributed by atoms with Crippen molar-refractivity contribution in [2.24, 2.45) is 7.05 Å². The van der Waals surface area contributed by atoms with Gasteiger partial charge in [0.25, 0.3) is 5.91 Å². The van der Waals surface area contributed by atoms with Crippen LogP contribution in [0.2, 0.25) is 0 Å². The number of ether oxygens (including phenoxy) is 2. The van der Waals surface area contributed by atoms with Crippen LogP contribution < -0.4 is 14.8 Å². The van der Waals surface area contributed by atoms with Crippen LogP contribution in [0.5, 0.6) is 11.5 Å². The van der Waals surface area contributed by atoms with Gasteiger partial charge < -0.3 is 19.4 Å². The number of carbonyl (C=O) groups excluding carboxylic acids is 1. The number of nitrogens with zero attached hydrogens (tertiary/aromatic N) is 1. The molecule has 0 unspecified atom stereocenters. The Hall–Kier alpha value is -2.47. The SMILES string of the molecule is CCOc1ccc(CNC(=O)c2c(Br)c3ccccc3n2C)cc1OC. The van der Waals surface area contributed by atoms with E-state index < -0.39 is 0 Å². The number of carbonyl (C=O) groups is 1. The van der Waals surface area contributed by atoms with E-state index in [1.165, 1.54) is 0 Å². The number of rotatable bonds is 6. The number of methoxy groups -OCH3 is 1. The minimum atomic E-state index is -0.136. The second-order valence-electron chi connectivity index (χ2n) is 5.84. The zero-order chi connectivity index (χ0) is 18.7. The lowest BCUT2D eigenvalue weighted by molar-refractivity contribution is 0.0942. The number of nitrogens with one attached hydrogen (secondary N) is 1. The molecule has 0 spiro atoms. The van der Waals surface area contributed by atoms with Crippen LogP contribution >= 0.6 is 15.9 Å². The Morgan fingerprint density at radius 2 is 1.96 bits per heavy atom. The van der Waals surface area contributed by atoms with E-state index in [9.17, 15) is 4.79 Å². The standard InChI is InChI=1S/C20H21BrN2O3/c1-4-26-16-10-9-13(11-17(16)25-3)12-22-20(24)19-18(21)14-7-5-6-8-15(14)23(19)2/h5-11H,4,12H2,1-3H3,(H,22,24). The molecular formula is C20H21BrN2O3. The maximum absolute atomic E-state index is 12.7. The molecule has 5 nitrogen and oxygen atoms in total. The molecule has 0 saturated carbocycles. The number of amides is 1.